The standard InChI is InChI=1S/C16H18O4S.C11H18OS.C6H12N2.C3H6.C2H5NO.C2H2.CH4S/c1-4-20-16(17)13-10-21-8-7-12(13)11-5-6-14(18-2)15(9-11)19-3;1-4-6-7-11(5-2)13-9-10(3)8-12;1-3-4-5-8-6-7-2;1-3-2;1-2(3)4;2*1-2/h5-7,9-10H,4,8H2,1-3H3;7-9H,4-6H2,1-3H3;3-4,6H,5H2,1-2H3,(H,7,8);3H,1H2,2H3;1H3,(H2,3,4);1-2H;2H,1H3/b;10-9+,11-7+;4-3-;;;;. The first kappa shape index (κ1) is 58.3. The number of ether oxygens (including phenoxy) is 3. The van der Waals surface area contributed by atoms with Gasteiger partial charge >= 0.3 is 5.97 Å². The molecule has 0 fully saturated rings. The molecule has 0 unspecified atom stereocenters. The van der Waals surface area contributed by atoms with Gasteiger partial charge in [0.1, 0.15) is 6.29 Å². The molecule has 0 aromatic heterocycles. The second-order valence-electron chi connectivity index (χ2n) is 9.57. The van der Waals surface area contributed by atoms with Gasteiger partial charge in [-0.15, -0.1) is 42.9 Å². The number of nitrogens with one attached hydrogen (secondary N) is 1. The molecule has 0 spiro atoms. The Morgan fingerprint density at radius 3 is 2.15 bits per heavy atom. The number of methoxy groups -OCH3 is 2. The number of thiol groups is 1. The molecule has 9 nitrogen and oxygen atoms in total. The van der Waals surface area contributed by atoms with Gasteiger partial charge in [-0.05, 0) is 91.4 Å². The maximum Gasteiger partial charge on any atom is 0.339 e. The number of esters is 1. The van der Waals surface area contributed by atoms with Gasteiger partial charge in [0, 0.05) is 26.3 Å². The number of nitrogens with two attached hydrogens (primary N) is 1. The maximum atomic E-state index is 12.1. The predicted molar refractivity (Wildman–Crippen MR) is 238 cm³/mol. The minimum Gasteiger partial charge on any atom is -0.493 e. The number of unbranched alkanes of at least 4 members (excludes halogenated alkanes) is 1. The number of terminal acetylenes is 1. The molecule has 1 heterocycles. The average molecular weight is 792 g/mol. The lowest BCUT2D eigenvalue weighted by Gasteiger charge is -2.16. The van der Waals surface area contributed by atoms with Crippen LogP contribution in [0.2, 0.25) is 0 Å². The van der Waals surface area contributed by atoms with Crippen molar-refractivity contribution in [3.8, 4) is 24.3 Å². The minimum atomic E-state index is -0.333. The van der Waals surface area contributed by atoms with Crippen LogP contribution in [0, 0.1) is 12.8 Å². The first-order chi connectivity index (χ1) is 25.5. The number of amides is 1. The van der Waals surface area contributed by atoms with Crippen LogP contribution in [0.25, 0.3) is 5.57 Å². The zero-order chi connectivity index (χ0) is 41.9. The van der Waals surface area contributed by atoms with Crippen LogP contribution in [-0.4, -0.2) is 70.9 Å². The number of carbonyl (C=O) groups excluding carboxylic acids is 3. The molecule has 3 N–H and O–H groups in total. The Labute approximate surface area is 335 Å². The Bertz CT molecular complexity index is 1300. The van der Waals surface area contributed by atoms with E-state index in [4.69, 9.17) is 14.2 Å². The molecule has 298 valence electrons. The van der Waals surface area contributed by atoms with Gasteiger partial charge in [0.2, 0.25) is 5.91 Å². The summed E-state index contributed by atoms with van der Waals surface area (Å²) in [5.41, 5.74) is 7.63. The van der Waals surface area contributed by atoms with Crippen molar-refractivity contribution in [2.45, 2.75) is 67.7 Å². The van der Waals surface area contributed by atoms with Crippen LogP contribution in [0.3, 0.4) is 0 Å². The van der Waals surface area contributed by atoms with Gasteiger partial charge in [-0.1, -0.05) is 56.7 Å². The summed E-state index contributed by atoms with van der Waals surface area (Å²) in [5, 5.41) is 6.72. The average Bonchev–Trinajstić information content (AvgIpc) is 3.18. The fourth-order valence-corrected chi connectivity index (χ4v) is 4.71. The Kier molecular flexibility index (Phi) is 50.5. The monoisotopic (exact) mass is 791 g/mol. The number of benzene rings is 1. The van der Waals surface area contributed by atoms with Crippen molar-refractivity contribution >= 4 is 66.2 Å². The summed E-state index contributed by atoms with van der Waals surface area (Å²) < 4.78 is 15.7. The van der Waals surface area contributed by atoms with Crippen LogP contribution < -0.4 is 20.5 Å². The van der Waals surface area contributed by atoms with E-state index in [2.05, 4.69) is 68.0 Å². The van der Waals surface area contributed by atoms with E-state index in [0.717, 1.165) is 48.1 Å². The minimum absolute atomic E-state index is 0.300. The summed E-state index contributed by atoms with van der Waals surface area (Å²) in [7, 11) is 4.93. The van der Waals surface area contributed by atoms with E-state index < -0.39 is 0 Å². The van der Waals surface area contributed by atoms with E-state index in [1.807, 2.05) is 68.0 Å². The summed E-state index contributed by atoms with van der Waals surface area (Å²) in [5.74, 6) is 1.49. The van der Waals surface area contributed by atoms with Crippen molar-refractivity contribution in [2.24, 2.45) is 10.7 Å². The number of allylic oxidation sites excluding steroid dienone is 5. The van der Waals surface area contributed by atoms with Crippen molar-refractivity contribution in [1.82, 2.24) is 5.32 Å². The summed E-state index contributed by atoms with van der Waals surface area (Å²) >= 11 is 6.77. The predicted octanol–water partition coefficient (Wildman–Crippen LogP) is 9.49. The van der Waals surface area contributed by atoms with Crippen LogP contribution in [0.5, 0.6) is 11.5 Å². The molecule has 0 saturated carbocycles. The molecule has 0 saturated heterocycles. The molecule has 53 heavy (non-hydrogen) atoms. The molecule has 0 atom stereocenters. The molecule has 1 amide bonds. The highest BCUT2D eigenvalue weighted by Crippen LogP contribution is 2.36. The Balaban J connectivity index is -0.000000205. The number of thioether (sulfide) groups is 2. The number of aliphatic imine (C=N–C) groups is 1. The Hall–Kier alpha value is -4.05. The molecular weight excluding hydrogens is 727 g/mol. The zero-order valence-electron chi connectivity index (χ0n) is 33.8. The largest absolute Gasteiger partial charge is 0.493 e. The van der Waals surface area contributed by atoms with Crippen molar-refractivity contribution in [3.63, 3.8) is 0 Å². The summed E-state index contributed by atoms with van der Waals surface area (Å²) in [6.07, 6.45) is 25.7. The normalized spacial score (nSPS) is 11.4. The lowest BCUT2D eigenvalue weighted by atomic mass is 9.98. The third kappa shape index (κ3) is 36.1. The van der Waals surface area contributed by atoms with Crippen LogP contribution in [0.1, 0.15) is 73.3 Å². The van der Waals surface area contributed by atoms with Gasteiger partial charge in [0.25, 0.3) is 0 Å². The molecule has 1 aromatic carbocycles. The van der Waals surface area contributed by atoms with Crippen molar-refractivity contribution < 1.29 is 28.6 Å². The van der Waals surface area contributed by atoms with E-state index in [0.29, 0.717) is 23.7 Å². The smallest absolute Gasteiger partial charge is 0.339 e. The quantitative estimate of drug-likeness (QED) is 0.0194. The molecule has 1 aromatic rings. The molecule has 0 radical (unpaired) electrons. The van der Waals surface area contributed by atoms with Crippen molar-refractivity contribution in [1.29, 1.82) is 0 Å². The number of nitrogens with zero attached hydrogens (tertiary/aromatic N) is 1. The topological polar surface area (TPSA) is 129 Å². The van der Waals surface area contributed by atoms with Crippen LogP contribution >= 0.6 is 36.2 Å². The number of rotatable bonds is 14. The molecule has 12 heteroatoms. The zero-order valence-corrected chi connectivity index (χ0v) is 36.3. The van der Waals surface area contributed by atoms with E-state index in [1.165, 1.54) is 18.2 Å². The summed E-state index contributed by atoms with van der Waals surface area (Å²) in [6, 6.07) is 5.61. The SMILES string of the molecule is C#C.C/C=C\CNC=NC.C=CC.CC(N)=O.CCC/C=C(\CC)S/C=C(\C)C=O.CCOC(=O)C1=CSCC=C1c1ccc(OC)c(OC)c1.CS. The fourth-order valence-electron chi connectivity index (χ4n) is 3.19. The lowest BCUT2D eigenvalue weighted by molar-refractivity contribution is -0.138. The van der Waals surface area contributed by atoms with Gasteiger partial charge in [-0.2, -0.15) is 12.6 Å². The number of aldehydes is 1. The van der Waals surface area contributed by atoms with Crippen LogP contribution in [0.4, 0.5) is 0 Å². The number of carbonyl (C=O) groups is 3. The highest BCUT2D eigenvalue weighted by Gasteiger charge is 2.20. The fraction of sp³-hybridized carbons (Fsp3) is 0.415. The second kappa shape index (κ2) is 46.0. The maximum absolute atomic E-state index is 12.1. The van der Waals surface area contributed by atoms with Gasteiger partial charge < -0.3 is 25.3 Å². The van der Waals surface area contributed by atoms with Crippen molar-refractivity contribution in [2.75, 3.05) is 46.4 Å². The van der Waals surface area contributed by atoms with Gasteiger partial charge in [-0.25, -0.2) is 4.79 Å². The highest BCUT2D eigenvalue weighted by atomic mass is 32.2. The third-order valence-electron chi connectivity index (χ3n) is 5.35. The van der Waals surface area contributed by atoms with Gasteiger partial charge in [0.15, 0.2) is 11.5 Å². The molecule has 1 aliphatic rings. The molecule has 2 rings (SSSR count). The summed E-state index contributed by atoms with van der Waals surface area (Å²) in [4.78, 5) is 36.7. The Morgan fingerprint density at radius 1 is 1.11 bits per heavy atom. The molecule has 1 aliphatic heterocycles. The van der Waals surface area contributed by atoms with E-state index >= 15 is 0 Å². The van der Waals surface area contributed by atoms with Gasteiger partial charge in [-0.3, -0.25) is 14.6 Å². The number of hydrogen-bond donors (Lipinski definition) is 3. The van der Waals surface area contributed by atoms with E-state index in [-0.39, 0.29) is 11.9 Å². The van der Waals surface area contributed by atoms with Crippen molar-refractivity contribution in [3.05, 3.63) is 87.6 Å². The van der Waals surface area contributed by atoms with Crippen LogP contribution in [-0.2, 0) is 19.1 Å². The van der Waals surface area contributed by atoms with E-state index in [1.54, 1.807) is 70.4 Å². The first-order valence-corrected chi connectivity index (χ1v) is 19.6. The molecule has 0 aliphatic carbocycles. The molecule has 0 bridgehead atoms. The van der Waals surface area contributed by atoms with E-state index in [9.17, 15) is 14.4 Å². The highest BCUT2D eigenvalue weighted by molar-refractivity contribution is 8.05. The number of hydrogen-bond acceptors (Lipinski definition) is 10. The Morgan fingerprint density at radius 2 is 1.70 bits per heavy atom. The number of primary amides is 1. The summed E-state index contributed by atoms with van der Waals surface area (Å²) in [6.45, 7) is 17.7. The second-order valence-corrected chi connectivity index (χ2v) is 11.5. The lowest BCUT2D eigenvalue weighted by Crippen LogP contribution is -2.11. The first-order valence-electron chi connectivity index (χ1n) is 16.8. The van der Waals surface area contributed by atoms with Gasteiger partial charge in [0.05, 0.1) is 32.7 Å². The molecular formula is C41H65N3O6S3. The van der Waals surface area contributed by atoms with Crippen LogP contribution in [0.15, 0.2) is 87.0 Å². The third-order valence-corrected chi connectivity index (χ3v) is 7.36.